The number of hydrogen-bond acceptors (Lipinski definition) is 7. The van der Waals surface area contributed by atoms with Gasteiger partial charge in [0.2, 0.25) is 0 Å². The van der Waals surface area contributed by atoms with Gasteiger partial charge in [0.15, 0.2) is 0 Å². The Kier molecular flexibility index (Phi) is 12.4. The Hall–Kier alpha value is -3.78. The molecule has 278 valence electrons. The third-order valence-electron chi connectivity index (χ3n) is 9.66. The second-order valence-corrected chi connectivity index (χ2v) is 17.3. The van der Waals surface area contributed by atoms with Gasteiger partial charge in [-0.3, -0.25) is 13.9 Å². The van der Waals surface area contributed by atoms with Crippen LogP contribution in [0.4, 0.5) is 5.69 Å². The topological polar surface area (TPSA) is 164 Å². The van der Waals surface area contributed by atoms with Crippen molar-refractivity contribution >= 4 is 37.7 Å². The summed E-state index contributed by atoms with van der Waals surface area (Å²) in [5, 5.41) is 9.37. The van der Waals surface area contributed by atoms with Crippen LogP contribution in [0.2, 0.25) is 0 Å². The molecule has 1 aromatic carbocycles. The lowest BCUT2D eigenvalue weighted by atomic mass is 9.77. The number of anilines is 1. The molecule has 11 nitrogen and oxygen atoms in total. The normalized spacial score (nSPS) is 20.5. The molecule has 0 bridgehead atoms. The molecule has 2 heterocycles. The van der Waals surface area contributed by atoms with Gasteiger partial charge >= 0.3 is 17.5 Å². The van der Waals surface area contributed by atoms with Gasteiger partial charge in [0.1, 0.15) is 0 Å². The number of carbonyl (C=O) groups excluding carboxylic acids is 1. The first-order valence-electron chi connectivity index (χ1n) is 17.3. The third-order valence-corrected chi connectivity index (χ3v) is 11.3. The minimum absolute atomic E-state index is 0.0797. The fourth-order valence-electron chi connectivity index (χ4n) is 6.88. The maximum absolute atomic E-state index is 12.1. The van der Waals surface area contributed by atoms with Crippen molar-refractivity contribution in [3.8, 4) is 0 Å². The highest BCUT2D eigenvalue weighted by atomic mass is 32.2. The number of likely N-dealkylation sites (N-methyl/N-ethyl adjacent to an activating group) is 1. The van der Waals surface area contributed by atoms with E-state index in [1.165, 1.54) is 12.1 Å². The second kappa shape index (κ2) is 15.9. The van der Waals surface area contributed by atoms with E-state index in [4.69, 9.17) is 4.42 Å². The van der Waals surface area contributed by atoms with Crippen molar-refractivity contribution in [3.63, 3.8) is 0 Å². The number of aliphatic carboxylic acids is 1. The highest BCUT2D eigenvalue weighted by molar-refractivity contribution is 7.86. The van der Waals surface area contributed by atoms with Crippen LogP contribution in [-0.2, 0) is 34.9 Å². The summed E-state index contributed by atoms with van der Waals surface area (Å²) in [6.07, 6.45) is 16.0. The van der Waals surface area contributed by atoms with E-state index in [0.29, 0.717) is 29.8 Å². The van der Waals surface area contributed by atoms with E-state index in [-0.39, 0.29) is 36.1 Å². The van der Waals surface area contributed by atoms with Crippen LogP contribution in [0.1, 0.15) is 85.6 Å². The van der Waals surface area contributed by atoms with Crippen LogP contribution in [0.25, 0.3) is 0 Å². The maximum Gasteiger partial charge on any atom is 0.358 e. The van der Waals surface area contributed by atoms with E-state index in [1.54, 1.807) is 6.07 Å². The highest BCUT2D eigenvalue weighted by Crippen LogP contribution is 2.51. The third kappa shape index (κ3) is 9.76. The second-order valence-electron chi connectivity index (χ2n) is 14.3. The van der Waals surface area contributed by atoms with Crippen LogP contribution in [-0.4, -0.2) is 73.1 Å². The van der Waals surface area contributed by atoms with Crippen LogP contribution in [0, 0.1) is 5.41 Å². The predicted octanol–water partition coefficient (Wildman–Crippen LogP) is 6.90. The minimum atomic E-state index is -4.54. The summed E-state index contributed by atoms with van der Waals surface area (Å²) in [4.78, 5) is 15.3. The molecule has 13 heteroatoms. The standard InChI is InChI=1S/C38H50N2O9S2/c1-7-39(8-2)28-17-19-30-27(24-35(37(3,4)5)49-33(30)25-28)14-10-9-11-15-34-38(6,21-12-16-36(41)42)31-26-29(51(46,47)48)18-20-32(31)40(34)22-13-23-50(43,44)45/h9-11,14-15,17-18,20,25-26H,7-8,12-13,16,19,21-24H2,1-6H3,(H2-,41,42,43,44,45,46,47,48)/p+1/b11-9+,14-10+,34-15-. The van der Waals surface area contributed by atoms with Gasteiger partial charge in [-0.2, -0.15) is 16.8 Å². The number of carboxylic acid groups (broad SMARTS) is 1. The smallest absolute Gasteiger partial charge is 0.358 e. The fraction of sp³-hybridized carbons (Fsp3) is 0.474. The lowest BCUT2D eigenvalue weighted by Crippen LogP contribution is -2.30. The largest absolute Gasteiger partial charge is 0.481 e. The molecule has 2 aliphatic heterocycles. The molecule has 0 aromatic heterocycles. The first-order chi connectivity index (χ1) is 23.8. The zero-order valence-electron chi connectivity index (χ0n) is 30.3. The highest BCUT2D eigenvalue weighted by Gasteiger charge is 2.44. The van der Waals surface area contributed by atoms with Crippen molar-refractivity contribution in [2.24, 2.45) is 5.41 Å². The van der Waals surface area contributed by atoms with Crippen LogP contribution < -0.4 is 4.90 Å². The van der Waals surface area contributed by atoms with E-state index < -0.39 is 37.4 Å². The predicted molar refractivity (Wildman–Crippen MR) is 200 cm³/mol. The molecule has 0 spiro atoms. The lowest BCUT2D eigenvalue weighted by Gasteiger charge is -2.30. The molecule has 1 aromatic rings. The average molecular weight is 744 g/mol. The molecule has 1 atom stereocenters. The number of benzene rings is 1. The van der Waals surface area contributed by atoms with Crippen molar-refractivity contribution in [1.29, 1.82) is 0 Å². The van der Waals surface area contributed by atoms with E-state index >= 15 is 0 Å². The first kappa shape index (κ1) is 40.0. The zero-order valence-corrected chi connectivity index (χ0v) is 32.0. The first-order valence-corrected chi connectivity index (χ1v) is 20.4. The van der Waals surface area contributed by atoms with Crippen molar-refractivity contribution in [2.45, 2.75) is 90.4 Å². The molecule has 3 N–H and O–H groups in total. The van der Waals surface area contributed by atoms with Crippen molar-refractivity contribution in [2.75, 3.05) is 30.3 Å². The molecule has 1 aliphatic carbocycles. The van der Waals surface area contributed by atoms with Crippen LogP contribution in [0.15, 0.2) is 93.9 Å². The van der Waals surface area contributed by atoms with Gasteiger partial charge in [-0.15, -0.1) is 0 Å². The van der Waals surface area contributed by atoms with Crippen molar-refractivity contribution in [1.82, 2.24) is 4.90 Å². The van der Waals surface area contributed by atoms with E-state index in [9.17, 15) is 35.8 Å². The number of allylic oxidation sites excluding steroid dienone is 10. The van der Waals surface area contributed by atoms with Crippen LogP contribution in [0.5, 0.6) is 0 Å². The Bertz CT molecular complexity index is 1960. The van der Waals surface area contributed by atoms with Crippen LogP contribution in [0.3, 0.4) is 0 Å². The molecule has 4 rings (SSSR count). The number of carbonyl (C=O) groups is 1. The molecule has 1 unspecified atom stereocenters. The Labute approximate surface area is 302 Å². The number of hydrogen-bond donors (Lipinski definition) is 3. The maximum atomic E-state index is 12.1. The van der Waals surface area contributed by atoms with Crippen molar-refractivity contribution in [3.05, 3.63) is 94.6 Å². The number of rotatable bonds is 15. The van der Waals surface area contributed by atoms with Crippen molar-refractivity contribution < 1.29 is 40.3 Å². The summed E-state index contributed by atoms with van der Waals surface area (Å²) in [6, 6.07) is 4.23. The van der Waals surface area contributed by atoms with Gasteiger partial charge in [-0.05, 0) is 96.2 Å². The summed E-state index contributed by atoms with van der Waals surface area (Å²) in [7, 11) is -8.77. The Balaban J connectivity index is 1.73. The number of ketones is 1. The lowest BCUT2D eigenvalue weighted by molar-refractivity contribution is -0.401. The average Bonchev–Trinajstić information content (AvgIpc) is 3.25. The number of nitrogens with zero attached hydrogens (tertiary/aromatic N) is 2. The van der Waals surface area contributed by atoms with E-state index in [2.05, 4.69) is 57.7 Å². The Morgan fingerprint density at radius 3 is 2.37 bits per heavy atom. The fourth-order valence-corrected chi connectivity index (χ4v) is 7.88. The van der Waals surface area contributed by atoms with Gasteiger partial charge in [0.25, 0.3) is 20.2 Å². The molecular formula is C38H51N2O9S2+. The van der Waals surface area contributed by atoms with Gasteiger partial charge in [0.05, 0.1) is 34.1 Å². The molecule has 0 saturated carbocycles. The van der Waals surface area contributed by atoms with Gasteiger partial charge in [-0.25, -0.2) is 4.42 Å². The Morgan fingerprint density at radius 1 is 1.06 bits per heavy atom. The number of fused-ring (bicyclic) bond motifs is 2. The minimum Gasteiger partial charge on any atom is -0.481 e. The quantitative estimate of drug-likeness (QED) is 0.0978. The molecule has 0 amide bonds. The molecule has 0 saturated heterocycles. The SMILES string of the molecule is CCN(CC)C1=CCC2=C(/C=C/C=C/C=C3\N(CCCS(=O)(=O)O)c4ccc(S(=O)(=O)O)cc4C3(C)CCCC(=O)O)CC(C(C)(C)C)=[O+]C2=C1. The zero-order chi connectivity index (χ0) is 37.8. The summed E-state index contributed by atoms with van der Waals surface area (Å²) < 4.78 is 73.1. The summed E-state index contributed by atoms with van der Waals surface area (Å²) in [6.45, 7) is 14.6. The monoisotopic (exact) mass is 743 g/mol. The van der Waals surface area contributed by atoms with Gasteiger partial charge in [0, 0.05) is 55.0 Å². The molecular weight excluding hydrogens is 693 g/mol. The van der Waals surface area contributed by atoms with Crippen LogP contribution >= 0.6 is 0 Å². The molecule has 51 heavy (non-hydrogen) atoms. The molecule has 0 fully saturated rings. The number of carboxylic acids is 1. The van der Waals surface area contributed by atoms with E-state index in [1.807, 2.05) is 36.1 Å². The summed E-state index contributed by atoms with van der Waals surface area (Å²) in [5.74, 6) is 0.414. The molecule has 3 aliphatic rings. The van der Waals surface area contributed by atoms with Gasteiger partial charge < -0.3 is 14.9 Å². The van der Waals surface area contributed by atoms with E-state index in [0.717, 1.165) is 47.9 Å². The summed E-state index contributed by atoms with van der Waals surface area (Å²) in [5.41, 5.74) is 4.28. The Morgan fingerprint density at radius 2 is 1.76 bits per heavy atom. The summed E-state index contributed by atoms with van der Waals surface area (Å²) >= 11 is 0. The van der Waals surface area contributed by atoms with Gasteiger partial charge in [-0.1, -0.05) is 30.4 Å². The molecule has 0 radical (unpaired) electrons.